The van der Waals surface area contributed by atoms with Crippen molar-refractivity contribution in [3.05, 3.63) is 23.8 Å². The Balaban J connectivity index is 2.21. The average Bonchev–Trinajstić information content (AvgIpc) is 3.16. The Morgan fingerprint density at radius 1 is 1.20 bits per heavy atom. The van der Waals surface area contributed by atoms with Gasteiger partial charge in [-0.2, -0.15) is 4.31 Å². The summed E-state index contributed by atoms with van der Waals surface area (Å²) < 4.78 is 32.3. The predicted octanol–water partition coefficient (Wildman–Crippen LogP) is 2.28. The van der Waals surface area contributed by atoms with Gasteiger partial charge in [0, 0.05) is 32.6 Å². The number of ether oxygens (including phenoxy) is 1. The van der Waals surface area contributed by atoms with Crippen molar-refractivity contribution >= 4 is 15.9 Å². The van der Waals surface area contributed by atoms with Gasteiger partial charge in [0.05, 0.1) is 12.0 Å². The van der Waals surface area contributed by atoms with Gasteiger partial charge in [0.15, 0.2) is 0 Å². The van der Waals surface area contributed by atoms with E-state index < -0.39 is 10.0 Å². The van der Waals surface area contributed by atoms with Crippen molar-refractivity contribution in [3.63, 3.8) is 0 Å². The maximum atomic E-state index is 12.7. The molecule has 0 unspecified atom stereocenters. The molecule has 1 amide bonds. The zero-order valence-electron chi connectivity index (χ0n) is 15.3. The summed E-state index contributed by atoms with van der Waals surface area (Å²) in [5.41, 5.74) is 0.753. The molecule has 0 bridgehead atoms. The van der Waals surface area contributed by atoms with Crippen LogP contribution in [0.2, 0.25) is 0 Å². The Labute approximate surface area is 150 Å². The van der Waals surface area contributed by atoms with E-state index in [9.17, 15) is 13.2 Å². The van der Waals surface area contributed by atoms with Gasteiger partial charge in [0.25, 0.3) is 0 Å². The van der Waals surface area contributed by atoms with Gasteiger partial charge in [-0.15, -0.1) is 0 Å². The fourth-order valence-corrected chi connectivity index (χ4v) is 4.73. The first kappa shape index (κ1) is 19.7. The molecule has 1 aromatic rings. The fourth-order valence-electron chi connectivity index (χ4n) is 3.16. The van der Waals surface area contributed by atoms with E-state index in [1.54, 1.807) is 30.2 Å². The lowest BCUT2D eigenvalue weighted by Crippen LogP contribution is -2.30. The van der Waals surface area contributed by atoms with Crippen molar-refractivity contribution in [2.45, 2.75) is 44.4 Å². The first-order chi connectivity index (χ1) is 11.9. The van der Waals surface area contributed by atoms with E-state index in [4.69, 9.17) is 4.74 Å². The van der Waals surface area contributed by atoms with Crippen molar-refractivity contribution in [1.29, 1.82) is 0 Å². The van der Waals surface area contributed by atoms with E-state index in [0.29, 0.717) is 44.8 Å². The minimum Gasteiger partial charge on any atom is -0.496 e. The average molecular weight is 368 g/mol. The van der Waals surface area contributed by atoms with E-state index in [1.165, 1.54) is 4.31 Å². The highest BCUT2D eigenvalue weighted by Crippen LogP contribution is 2.27. The second kappa shape index (κ2) is 8.67. The van der Waals surface area contributed by atoms with E-state index in [2.05, 4.69) is 0 Å². The van der Waals surface area contributed by atoms with Gasteiger partial charge in [0.2, 0.25) is 15.9 Å². The summed E-state index contributed by atoms with van der Waals surface area (Å²) in [5, 5.41) is 0. The fraction of sp³-hybridized carbons (Fsp3) is 0.611. The zero-order valence-corrected chi connectivity index (χ0v) is 16.1. The minimum absolute atomic E-state index is 0.0693. The van der Waals surface area contributed by atoms with Crippen LogP contribution in [0, 0.1) is 0 Å². The number of nitrogens with zero attached hydrogens (tertiary/aromatic N) is 2. The Morgan fingerprint density at radius 3 is 2.40 bits per heavy atom. The smallest absolute Gasteiger partial charge is 0.243 e. The van der Waals surface area contributed by atoms with E-state index in [1.807, 2.05) is 13.8 Å². The highest BCUT2D eigenvalue weighted by molar-refractivity contribution is 7.89. The molecular weight excluding hydrogens is 340 g/mol. The molecular formula is C18H28N2O4S. The molecule has 1 aliphatic heterocycles. The molecule has 6 nitrogen and oxygen atoms in total. The lowest BCUT2D eigenvalue weighted by Gasteiger charge is -2.19. The summed E-state index contributed by atoms with van der Waals surface area (Å²) in [4.78, 5) is 14.3. The number of aryl methyl sites for hydroxylation is 1. The van der Waals surface area contributed by atoms with Crippen molar-refractivity contribution in [2.24, 2.45) is 0 Å². The number of sulfonamides is 1. The van der Waals surface area contributed by atoms with Gasteiger partial charge in [-0.25, -0.2) is 8.42 Å². The van der Waals surface area contributed by atoms with Crippen LogP contribution in [0.1, 0.15) is 38.7 Å². The van der Waals surface area contributed by atoms with Crippen LogP contribution in [0.5, 0.6) is 5.75 Å². The predicted molar refractivity (Wildman–Crippen MR) is 97.2 cm³/mol. The molecule has 0 aromatic heterocycles. The SMILES string of the molecule is CCN(CC)C(=O)CCc1cc(S(=O)(=O)N2CCCC2)ccc1OC. The van der Waals surface area contributed by atoms with Crippen LogP contribution in [0.4, 0.5) is 0 Å². The largest absolute Gasteiger partial charge is 0.496 e. The second-order valence-corrected chi connectivity index (χ2v) is 8.09. The molecule has 2 rings (SSSR count). The van der Waals surface area contributed by atoms with Gasteiger partial charge in [-0.3, -0.25) is 4.79 Å². The highest BCUT2D eigenvalue weighted by Gasteiger charge is 2.27. The molecule has 1 aromatic carbocycles. The van der Waals surface area contributed by atoms with Gasteiger partial charge < -0.3 is 9.64 Å². The van der Waals surface area contributed by atoms with E-state index in [0.717, 1.165) is 18.4 Å². The van der Waals surface area contributed by atoms with Crippen LogP contribution < -0.4 is 4.74 Å². The summed E-state index contributed by atoms with van der Waals surface area (Å²) in [6, 6.07) is 4.92. The Bertz CT molecular complexity index is 693. The number of methoxy groups -OCH3 is 1. The molecule has 1 saturated heterocycles. The number of carbonyl (C=O) groups is 1. The molecule has 1 heterocycles. The molecule has 25 heavy (non-hydrogen) atoms. The van der Waals surface area contributed by atoms with E-state index >= 15 is 0 Å². The van der Waals surface area contributed by atoms with Crippen LogP contribution in [-0.2, 0) is 21.2 Å². The Kier molecular flexibility index (Phi) is 6.84. The van der Waals surface area contributed by atoms with Gasteiger partial charge >= 0.3 is 0 Å². The van der Waals surface area contributed by atoms with Crippen LogP contribution >= 0.6 is 0 Å². The third kappa shape index (κ3) is 4.52. The number of hydrogen-bond donors (Lipinski definition) is 0. The molecule has 7 heteroatoms. The molecule has 0 atom stereocenters. The minimum atomic E-state index is -3.47. The highest BCUT2D eigenvalue weighted by atomic mass is 32.2. The summed E-state index contributed by atoms with van der Waals surface area (Å²) in [5.74, 6) is 0.688. The van der Waals surface area contributed by atoms with Gasteiger partial charge in [-0.1, -0.05) is 0 Å². The third-order valence-electron chi connectivity index (χ3n) is 4.68. The molecule has 0 aliphatic carbocycles. The summed E-state index contributed by atoms with van der Waals surface area (Å²) in [6.07, 6.45) is 2.61. The Morgan fingerprint density at radius 2 is 1.84 bits per heavy atom. The van der Waals surface area contributed by atoms with Crippen molar-refractivity contribution < 1.29 is 17.9 Å². The lowest BCUT2D eigenvalue weighted by molar-refractivity contribution is -0.130. The van der Waals surface area contributed by atoms with E-state index in [-0.39, 0.29) is 10.8 Å². The van der Waals surface area contributed by atoms with Crippen molar-refractivity contribution in [1.82, 2.24) is 9.21 Å². The normalized spacial score (nSPS) is 15.3. The molecule has 0 spiro atoms. The molecule has 0 radical (unpaired) electrons. The topological polar surface area (TPSA) is 66.9 Å². The van der Waals surface area contributed by atoms with Crippen molar-refractivity contribution in [3.8, 4) is 5.75 Å². The Hall–Kier alpha value is -1.60. The van der Waals surface area contributed by atoms with Crippen LogP contribution in [-0.4, -0.2) is 56.8 Å². The first-order valence-corrected chi connectivity index (χ1v) is 10.3. The monoisotopic (exact) mass is 368 g/mol. The summed E-state index contributed by atoms with van der Waals surface area (Å²) in [7, 11) is -1.91. The zero-order chi connectivity index (χ0) is 18.4. The van der Waals surface area contributed by atoms with Crippen molar-refractivity contribution in [2.75, 3.05) is 33.3 Å². The molecule has 140 valence electrons. The lowest BCUT2D eigenvalue weighted by atomic mass is 10.1. The quantitative estimate of drug-likeness (QED) is 0.706. The third-order valence-corrected chi connectivity index (χ3v) is 6.57. The number of benzene rings is 1. The van der Waals surface area contributed by atoms with Crippen LogP contribution in [0.25, 0.3) is 0 Å². The first-order valence-electron chi connectivity index (χ1n) is 8.88. The maximum absolute atomic E-state index is 12.7. The number of carbonyl (C=O) groups excluding carboxylic acids is 1. The molecule has 0 saturated carbocycles. The standard InChI is InChI=1S/C18H28N2O4S/c1-4-19(5-2)18(21)11-8-15-14-16(9-10-17(15)24-3)25(22,23)20-12-6-7-13-20/h9-10,14H,4-8,11-13H2,1-3H3. The van der Waals surface area contributed by atoms with Gasteiger partial charge in [-0.05, 0) is 56.9 Å². The summed E-state index contributed by atoms with van der Waals surface area (Å²) in [6.45, 7) is 6.40. The van der Waals surface area contributed by atoms with Gasteiger partial charge in [0.1, 0.15) is 5.75 Å². The molecule has 0 N–H and O–H groups in total. The summed E-state index contributed by atoms with van der Waals surface area (Å²) >= 11 is 0. The molecule has 1 fully saturated rings. The van der Waals surface area contributed by atoms with Crippen LogP contribution in [0.15, 0.2) is 23.1 Å². The number of rotatable bonds is 8. The second-order valence-electron chi connectivity index (χ2n) is 6.15. The van der Waals surface area contributed by atoms with Crippen LogP contribution in [0.3, 0.4) is 0 Å². The number of hydrogen-bond acceptors (Lipinski definition) is 4. The number of amides is 1. The maximum Gasteiger partial charge on any atom is 0.243 e. The molecule has 1 aliphatic rings.